The number of hydrogen-bond acceptors (Lipinski definition) is 4. The van der Waals surface area contributed by atoms with Gasteiger partial charge in [0.05, 0.1) is 23.4 Å². The fraction of sp³-hybridized carbons (Fsp3) is 0.400. The molecule has 0 unspecified atom stereocenters. The molecule has 5 nitrogen and oxygen atoms in total. The number of carbonyl (C=O) groups is 1. The maximum atomic E-state index is 10.9. The third kappa shape index (κ3) is 8.16. The first-order valence-corrected chi connectivity index (χ1v) is 8.28. The molecule has 0 atom stereocenters. The van der Waals surface area contributed by atoms with Crippen molar-refractivity contribution in [1.29, 1.82) is 0 Å². The monoisotopic (exact) mass is 375 g/mol. The van der Waals surface area contributed by atoms with Crippen LogP contribution in [-0.4, -0.2) is 31.0 Å². The Kier molecular flexibility index (Phi) is 9.59. The Labute approximate surface area is 151 Å². The predicted octanol–water partition coefficient (Wildman–Crippen LogP) is 3.52. The summed E-state index contributed by atoms with van der Waals surface area (Å²) < 4.78 is 4.57. The summed E-state index contributed by atoms with van der Waals surface area (Å²) in [6.07, 6.45) is 4.59. The fourth-order valence-electron chi connectivity index (χ4n) is 1.70. The number of carbonyl (C=O) groups excluding carboxylic acids is 1. The first-order chi connectivity index (χ1) is 11.0. The summed E-state index contributed by atoms with van der Waals surface area (Å²) in [5.74, 6) is -0.178. The number of rotatable bonds is 8. The molecule has 0 bridgehead atoms. The number of esters is 1. The molecule has 0 saturated heterocycles. The highest BCUT2D eigenvalue weighted by Gasteiger charge is 2.02. The standard InChI is InChI=1S/C15H19Cl2N3O2S/c1-22-14(21)8-3-2-4-9-18-15(23)20-19-10-11-12(16)6-5-7-13(11)17/h5-7,10H,2-4,8-9H2,1H3,(H2,18,20,23)/b19-10-. The number of ether oxygens (including phenoxy) is 1. The maximum Gasteiger partial charge on any atom is 0.305 e. The lowest BCUT2D eigenvalue weighted by Crippen LogP contribution is -2.32. The molecule has 23 heavy (non-hydrogen) atoms. The van der Waals surface area contributed by atoms with E-state index in [1.807, 2.05) is 0 Å². The predicted molar refractivity (Wildman–Crippen MR) is 98.3 cm³/mol. The highest BCUT2D eigenvalue weighted by molar-refractivity contribution is 7.80. The minimum Gasteiger partial charge on any atom is -0.469 e. The van der Waals surface area contributed by atoms with Crippen molar-refractivity contribution in [2.24, 2.45) is 5.10 Å². The molecule has 1 rings (SSSR count). The van der Waals surface area contributed by atoms with Crippen LogP contribution in [0.5, 0.6) is 0 Å². The molecule has 2 N–H and O–H groups in total. The quantitative estimate of drug-likeness (QED) is 0.239. The lowest BCUT2D eigenvalue weighted by molar-refractivity contribution is -0.140. The Balaban J connectivity index is 2.20. The number of nitrogens with one attached hydrogen (secondary N) is 2. The van der Waals surface area contributed by atoms with Gasteiger partial charge in [-0.1, -0.05) is 35.7 Å². The number of hydrogen-bond donors (Lipinski definition) is 2. The smallest absolute Gasteiger partial charge is 0.305 e. The van der Waals surface area contributed by atoms with Crippen LogP contribution in [0, 0.1) is 0 Å². The summed E-state index contributed by atoms with van der Waals surface area (Å²) in [7, 11) is 1.39. The summed E-state index contributed by atoms with van der Waals surface area (Å²) >= 11 is 17.1. The van der Waals surface area contributed by atoms with E-state index >= 15 is 0 Å². The Hall–Kier alpha value is -1.37. The van der Waals surface area contributed by atoms with Gasteiger partial charge in [-0.05, 0) is 37.2 Å². The number of halogens is 2. The third-order valence-electron chi connectivity index (χ3n) is 2.93. The van der Waals surface area contributed by atoms with Crippen LogP contribution in [0.1, 0.15) is 31.2 Å². The van der Waals surface area contributed by atoms with E-state index in [2.05, 4.69) is 20.6 Å². The van der Waals surface area contributed by atoms with Gasteiger partial charge in [-0.2, -0.15) is 5.10 Å². The number of thiocarbonyl (C=S) groups is 1. The van der Waals surface area contributed by atoms with Gasteiger partial charge < -0.3 is 10.1 Å². The first kappa shape index (κ1) is 19.7. The van der Waals surface area contributed by atoms with Gasteiger partial charge in [0.25, 0.3) is 0 Å². The van der Waals surface area contributed by atoms with Gasteiger partial charge in [0.2, 0.25) is 0 Å². The van der Waals surface area contributed by atoms with E-state index < -0.39 is 0 Å². The van der Waals surface area contributed by atoms with Crippen molar-refractivity contribution in [3.05, 3.63) is 33.8 Å². The van der Waals surface area contributed by atoms with E-state index in [9.17, 15) is 4.79 Å². The van der Waals surface area contributed by atoms with Crippen molar-refractivity contribution >= 4 is 52.7 Å². The maximum absolute atomic E-state index is 10.9. The summed E-state index contributed by atoms with van der Waals surface area (Å²) in [5.41, 5.74) is 3.34. The average Bonchev–Trinajstić information content (AvgIpc) is 2.53. The molecular formula is C15H19Cl2N3O2S. The molecule has 0 aliphatic rings. The summed E-state index contributed by atoms with van der Waals surface area (Å²) in [4.78, 5) is 10.9. The molecule has 0 saturated carbocycles. The van der Waals surface area contributed by atoms with Gasteiger partial charge in [-0.25, -0.2) is 0 Å². The second kappa shape index (κ2) is 11.2. The molecule has 0 aliphatic heterocycles. The molecule has 1 aromatic carbocycles. The molecule has 0 spiro atoms. The van der Waals surface area contributed by atoms with E-state index in [1.165, 1.54) is 13.3 Å². The minimum absolute atomic E-state index is 0.178. The third-order valence-corrected chi connectivity index (χ3v) is 3.83. The molecule has 1 aromatic rings. The Morgan fingerprint density at radius 1 is 1.30 bits per heavy atom. The Morgan fingerprint density at radius 3 is 2.65 bits per heavy atom. The zero-order valence-corrected chi connectivity index (χ0v) is 15.1. The van der Waals surface area contributed by atoms with Crippen LogP contribution in [0.3, 0.4) is 0 Å². The second-order valence-corrected chi connectivity index (χ2v) is 5.87. The molecule has 8 heteroatoms. The molecule has 0 fully saturated rings. The molecule has 0 radical (unpaired) electrons. The van der Waals surface area contributed by atoms with E-state index in [0.29, 0.717) is 33.7 Å². The van der Waals surface area contributed by atoms with Gasteiger partial charge in [-0.15, -0.1) is 0 Å². The zero-order chi connectivity index (χ0) is 17.1. The molecular weight excluding hydrogens is 357 g/mol. The van der Waals surface area contributed by atoms with Crippen LogP contribution >= 0.6 is 35.4 Å². The highest BCUT2D eigenvalue weighted by atomic mass is 35.5. The average molecular weight is 376 g/mol. The Bertz CT molecular complexity index is 547. The van der Waals surface area contributed by atoms with Crippen molar-refractivity contribution in [2.45, 2.75) is 25.7 Å². The Morgan fingerprint density at radius 2 is 2.00 bits per heavy atom. The minimum atomic E-state index is -0.178. The van der Waals surface area contributed by atoms with Crippen LogP contribution in [-0.2, 0) is 9.53 Å². The number of hydrazone groups is 1. The van der Waals surface area contributed by atoms with E-state index in [1.54, 1.807) is 18.2 Å². The van der Waals surface area contributed by atoms with Crippen molar-refractivity contribution < 1.29 is 9.53 Å². The first-order valence-electron chi connectivity index (χ1n) is 7.12. The van der Waals surface area contributed by atoms with Crippen LogP contribution in [0.4, 0.5) is 0 Å². The number of benzene rings is 1. The van der Waals surface area contributed by atoms with Gasteiger partial charge in [0.15, 0.2) is 5.11 Å². The van der Waals surface area contributed by atoms with E-state index in [0.717, 1.165) is 19.3 Å². The molecule has 126 valence electrons. The van der Waals surface area contributed by atoms with Crippen LogP contribution in [0.2, 0.25) is 10.0 Å². The summed E-state index contributed by atoms with van der Waals surface area (Å²) in [6, 6.07) is 5.24. The van der Waals surface area contributed by atoms with Gasteiger partial charge in [-0.3, -0.25) is 10.2 Å². The van der Waals surface area contributed by atoms with Crippen LogP contribution < -0.4 is 10.7 Å². The lowest BCUT2D eigenvalue weighted by atomic mass is 10.2. The van der Waals surface area contributed by atoms with Gasteiger partial charge >= 0.3 is 5.97 Å². The van der Waals surface area contributed by atoms with Crippen molar-refractivity contribution in [1.82, 2.24) is 10.7 Å². The van der Waals surface area contributed by atoms with E-state index in [4.69, 9.17) is 35.4 Å². The summed E-state index contributed by atoms with van der Waals surface area (Å²) in [6.45, 7) is 0.704. The zero-order valence-electron chi connectivity index (χ0n) is 12.8. The van der Waals surface area contributed by atoms with E-state index in [-0.39, 0.29) is 5.97 Å². The van der Waals surface area contributed by atoms with Crippen LogP contribution in [0.25, 0.3) is 0 Å². The van der Waals surface area contributed by atoms with Gasteiger partial charge in [0.1, 0.15) is 0 Å². The number of methoxy groups -OCH3 is 1. The number of nitrogens with zero attached hydrogens (tertiary/aromatic N) is 1. The molecule has 0 heterocycles. The van der Waals surface area contributed by atoms with Gasteiger partial charge in [0, 0.05) is 18.5 Å². The lowest BCUT2D eigenvalue weighted by Gasteiger charge is -2.07. The second-order valence-electron chi connectivity index (χ2n) is 4.65. The fourth-order valence-corrected chi connectivity index (χ4v) is 2.35. The summed E-state index contributed by atoms with van der Waals surface area (Å²) in [5, 5.41) is 8.48. The number of unbranched alkanes of at least 4 members (excludes halogenated alkanes) is 2. The molecule has 0 aromatic heterocycles. The van der Waals surface area contributed by atoms with Crippen molar-refractivity contribution in [3.63, 3.8) is 0 Å². The van der Waals surface area contributed by atoms with Crippen LogP contribution in [0.15, 0.2) is 23.3 Å². The van der Waals surface area contributed by atoms with Crippen molar-refractivity contribution in [3.8, 4) is 0 Å². The molecule has 0 aliphatic carbocycles. The van der Waals surface area contributed by atoms with Crippen molar-refractivity contribution in [2.75, 3.05) is 13.7 Å². The largest absolute Gasteiger partial charge is 0.469 e. The highest BCUT2D eigenvalue weighted by Crippen LogP contribution is 2.21. The normalized spacial score (nSPS) is 10.6. The SMILES string of the molecule is COC(=O)CCCCCNC(=S)N/N=C\c1c(Cl)cccc1Cl. The topological polar surface area (TPSA) is 62.7 Å². The molecule has 0 amide bonds.